The van der Waals surface area contributed by atoms with Gasteiger partial charge in [-0.3, -0.25) is 14.9 Å². The van der Waals surface area contributed by atoms with E-state index in [1.807, 2.05) is 0 Å². The van der Waals surface area contributed by atoms with Gasteiger partial charge in [-0.05, 0) is 60.2 Å². The van der Waals surface area contributed by atoms with E-state index in [0.29, 0.717) is 16.9 Å². The molecule has 0 aliphatic heterocycles. The van der Waals surface area contributed by atoms with Gasteiger partial charge >= 0.3 is 5.97 Å². The van der Waals surface area contributed by atoms with Gasteiger partial charge in [0.2, 0.25) is 0 Å². The number of halogens is 1. The van der Waals surface area contributed by atoms with E-state index in [2.05, 4.69) is 26.5 Å². The van der Waals surface area contributed by atoms with Crippen LogP contribution in [0.15, 0.2) is 82.4 Å². The number of rotatable bonds is 6. The van der Waals surface area contributed by atoms with Gasteiger partial charge in [-0.15, -0.1) is 0 Å². The Kier molecular flexibility index (Phi) is 6.66. The van der Waals surface area contributed by atoms with Crippen LogP contribution in [0.1, 0.15) is 26.3 Å². The van der Waals surface area contributed by atoms with E-state index >= 15 is 0 Å². The van der Waals surface area contributed by atoms with E-state index in [1.54, 1.807) is 48.5 Å². The standard InChI is InChI=1S/C21H14BrN3O5/c22-17-8-6-15(7-9-17)21(27)30-19-10-4-14(5-11-19)13-23-24-20(26)16-2-1-3-18(12-16)25(28)29/h1-13H,(H,24,26)/b23-13-. The first-order valence-corrected chi connectivity index (χ1v) is 9.37. The van der Waals surface area contributed by atoms with Crippen LogP contribution in [0.25, 0.3) is 0 Å². The second kappa shape index (κ2) is 9.57. The minimum absolute atomic E-state index is 0.122. The average molecular weight is 468 g/mol. The first kappa shape index (κ1) is 20.9. The lowest BCUT2D eigenvalue weighted by Crippen LogP contribution is -2.17. The van der Waals surface area contributed by atoms with Gasteiger partial charge in [0.25, 0.3) is 11.6 Å². The average Bonchev–Trinajstić information content (AvgIpc) is 2.75. The van der Waals surface area contributed by atoms with Crippen molar-refractivity contribution in [3.8, 4) is 5.75 Å². The van der Waals surface area contributed by atoms with E-state index in [9.17, 15) is 19.7 Å². The lowest BCUT2D eigenvalue weighted by Gasteiger charge is -2.05. The number of nitro benzene ring substituents is 1. The summed E-state index contributed by atoms with van der Waals surface area (Å²) < 4.78 is 6.16. The number of hydrazone groups is 1. The van der Waals surface area contributed by atoms with Gasteiger partial charge in [0.15, 0.2) is 0 Å². The van der Waals surface area contributed by atoms with Crippen molar-refractivity contribution in [1.29, 1.82) is 0 Å². The maximum Gasteiger partial charge on any atom is 0.343 e. The highest BCUT2D eigenvalue weighted by atomic mass is 79.9. The molecule has 0 saturated carbocycles. The lowest BCUT2D eigenvalue weighted by atomic mass is 10.2. The first-order chi connectivity index (χ1) is 14.4. The number of esters is 1. The van der Waals surface area contributed by atoms with E-state index < -0.39 is 16.8 Å². The van der Waals surface area contributed by atoms with Crippen LogP contribution in [-0.2, 0) is 0 Å². The summed E-state index contributed by atoms with van der Waals surface area (Å²) in [7, 11) is 0. The Morgan fingerprint density at radius 1 is 1.00 bits per heavy atom. The van der Waals surface area contributed by atoms with E-state index in [1.165, 1.54) is 30.5 Å². The highest BCUT2D eigenvalue weighted by Gasteiger charge is 2.11. The fourth-order valence-electron chi connectivity index (χ4n) is 2.36. The molecule has 0 radical (unpaired) electrons. The summed E-state index contributed by atoms with van der Waals surface area (Å²) in [5, 5.41) is 14.6. The maximum absolute atomic E-state index is 12.1. The second-order valence-electron chi connectivity index (χ2n) is 5.97. The molecule has 0 atom stereocenters. The van der Waals surface area contributed by atoms with Crippen molar-refractivity contribution in [2.75, 3.05) is 0 Å². The highest BCUT2D eigenvalue weighted by molar-refractivity contribution is 9.10. The molecule has 1 N–H and O–H groups in total. The zero-order chi connectivity index (χ0) is 21.5. The first-order valence-electron chi connectivity index (χ1n) is 8.58. The Morgan fingerprint density at radius 2 is 1.70 bits per heavy atom. The monoisotopic (exact) mass is 467 g/mol. The van der Waals surface area contributed by atoms with E-state index in [0.717, 1.165) is 4.47 Å². The van der Waals surface area contributed by atoms with Crippen molar-refractivity contribution in [3.63, 3.8) is 0 Å². The zero-order valence-electron chi connectivity index (χ0n) is 15.3. The number of amides is 1. The smallest absolute Gasteiger partial charge is 0.343 e. The van der Waals surface area contributed by atoms with Crippen LogP contribution in [0.4, 0.5) is 5.69 Å². The summed E-state index contributed by atoms with van der Waals surface area (Å²) in [4.78, 5) is 34.3. The molecular formula is C21H14BrN3O5. The molecule has 0 saturated heterocycles. The fraction of sp³-hybridized carbons (Fsp3) is 0. The number of non-ortho nitro benzene ring substituents is 1. The summed E-state index contributed by atoms with van der Waals surface area (Å²) >= 11 is 3.30. The predicted octanol–water partition coefficient (Wildman–Crippen LogP) is 4.34. The molecule has 9 heteroatoms. The Hall–Kier alpha value is -3.85. The molecule has 0 unspecified atom stereocenters. The summed E-state index contributed by atoms with van der Waals surface area (Å²) in [5.41, 5.74) is 3.32. The molecular weight excluding hydrogens is 454 g/mol. The number of benzene rings is 3. The second-order valence-corrected chi connectivity index (χ2v) is 6.89. The van der Waals surface area contributed by atoms with Crippen molar-refractivity contribution in [2.24, 2.45) is 5.10 Å². The molecule has 0 aromatic heterocycles. The Balaban J connectivity index is 1.57. The van der Waals surface area contributed by atoms with Crippen LogP contribution in [0.2, 0.25) is 0 Å². The number of hydrogen-bond donors (Lipinski definition) is 1. The van der Waals surface area contributed by atoms with Crippen LogP contribution in [0, 0.1) is 10.1 Å². The summed E-state index contributed by atoms with van der Waals surface area (Å²) in [6.45, 7) is 0. The molecule has 8 nitrogen and oxygen atoms in total. The van der Waals surface area contributed by atoms with Crippen molar-refractivity contribution in [1.82, 2.24) is 5.43 Å². The van der Waals surface area contributed by atoms with Gasteiger partial charge in [0.1, 0.15) is 5.75 Å². The van der Waals surface area contributed by atoms with Gasteiger partial charge in [0.05, 0.1) is 16.7 Å². The summed E-state index contributed by atoms with van der Waals surface area (Å²) in [5.74, 6) is -0.691. The number of carbonyl (C=O) groups is 2. The quantitative estimate of drug-likeness (QED) is 0.190. The van der Waals surface area contributed by atoms with Crippen molar-refractivity contribution < 1.29 is 19.2 Å². The molecule has 0 heterocycles. The largest absolute Gasteiger partial charge is 0.423 e. The molecule has 0 bridgehead atoms. The SMILES string of the molecule is O=C(N/N=C\c1ccc(OC(=O)c2ccc(Br)cc2)cc1)c1cccc([N+](=O)[O-])c1. The van der Waals surface area contributed by atoms with Gasteiger partial charge in [-0.25, -0.2) is 10.2 Å². The lowest BCUT2D eigenvalue weighted by molar-refractivity contribution is -0.384. The van der Waals surface area contributed by atoms with Crippen molar-refractivity contribution in [3.05, 3.63) is 104 Å². The van der Waals surface area contributed by atoms with Crippen LogP contribution in [0.3, 0.4) is 0 Å². The summed E-state index contributed by atoms with van der Waals surface area (Å²) in [6, 6.07) is 18.6. The number of nitrogens with zero attached hydrogens (tertiary/aromatic N) is 2. The number of ether oxygens (including phenoxy) is 1. The maximum atomic E-state index is 12.1. The fourth-order valence-corrected chi connectivity index (χ4v) is 2.63. The van der Waals surface area contributed by atoms with Crippen LogP contribution in [-0.4, -0.2) is 23.0 Å². The third kappa shape index (κ3) is 5.58. The zero-order valence-corrected chi connectivity index (χ0v) is 16.9. The normalized spacial score (nSPS) is 10.6. The number of nitrogens with one attached hydrogen (secondary N) is 1. The minimum atomic E-state index is -0.578. The molecule has 1 amide bonds. The van der Waals surface area contributed by atoms with Gasteiger partial charge < -0.3 is 4.74 Å². The van der Waals surface area contributed by atoms with Crippen LogP contribution >= 0.6 is 15.9 Å². The molecule has 150 valence electrons. The van der Waals surface area contributed by atoms with Crippen molar-refractivity contribution in [2.45, 2.75) is 0 Å². The molecule has 30 heavy (non-hydrogen) atoms. The summed E-state index contributed by atoms with van der Waals surface area (Å²) in [6.07, 6.45) is 1.40. The number of hydrogen-bond acceptors (Lipinski definition) is 6. The highest BCUT2D eigenvalue weighted by Crippen LogP contribution is 2.16. The van der Waals surface area contributed by atoms with Crippen LogP contribution < -0.4 is 10.2 Å². The Bertz CT molecular complexity index is 1110. The van der Waals surface area contributed by atoms with Crippen LogP contribution in [0.5, 0.6) is 5.75 Å². The van der Waals surface area contributed by atoms with Gasteiger partial charge in [-0.1, -0.05) is 22.0 Å². The van der Waals surface area contributed by atoms with Gasteiger partial charge in [-0.2, -0.15) is 5.10 Å². The molecule has 0 spiro atoms. The Labute approximate surface area is 179 Å². The molecule has 3 aromatic carbocycles. The topological polar surface area (TPSA) is 111 Å². The number of nitro groups is 1. The van der Waals surface area contributed by atoms with Crippen molar-refractivity contribution >= 4 is 39.7 Å². The molecule has 0 aliphatic rings. The van der Waals surface area contributed by atoms with E-state index in [4.69, 9.17) is 4.74 Å². The molecule has 3 aromatic rings. The van der Waals surface area contributed by atoms with E-state index in [-0.39, 0.29) is 11.3 Å². The third-order valence-electron chi connectivity index (χ3n) is 3.87. The predicted molar refractivity (Wildman–Crippen MR) is 114 cm³/mol. The molecule has 0 fully saturated rings. The number of carbonyl (C=O) groups excluding carboxylic acids is 2. The molecule has 3 rings (SSSR count). The third-order valence-corrected chi connectivity index (χ3v) is 4.40. The van der Waals surface area contributed by atoms with Gasteiger partial charge in [0, 0.05) is 22.2 Å². The Morgan fingerprint density at radius 3 is 2.37 bits per heavy atom. The molecule has 0 aliphatic carbocycles. The minimum Gasteiger partial charge on any atom is -0.423 e.